The van der Waals surface area contributed by atoms with Crippen molar-refractivity contribution in [3.63, 3.8) is 0 Å². The van der Waals surface area contributed by atoms with Crippen LogP contribution in [0.1, 0.15) is 12.8 Å². The molecule has 8 heteroatoms. The third-order valence-corrected chi connectivity index (χ3v) is 2.21. The summed E-state index contributed by atoms with van der Waals surface area (Å²) >= 11 is 0. The maximum Gasteiger partial charge on any atom is 0.239 e. The number of nitrogens with one attached hydrogen (secondary N) is 4. The van der Waals surface area contributed by atoms with Gasteiger partial charge in [-0.25, -0.2) is 0 Å². The minimum absolute atomic E-state index is 0.124. The highest BCUT2D eigenvalue weighted by Gasteiger charge is 2.11. The van der Waals surface area contributed by atoms with Gasteiger partial charge in [0.2, 0.25) is 23.6 Å². The van der Waals surface area contributed by atoms with Crippen molar-refractivity contribution in [3.05, 3.63) is 0 Å². The van der Waals surface area contributed by atoms with Gasteiger partial charge in [0.15, 0.2) is 0 Å². The van der Waals surface area contributed by atoms with Crippen LogP contribution in [0.25, 0.3) is 0 Å². The van der Waals surface area contributed by atoms with E-state index >= 15 is 0 Å². The van der Waals surface area contributed by atoms with Crippen LogP contribution in [0.5, 0.6) is 0 Å². The molecule has 1 fully saturated rings. The Morgan fingerprint density at radius 1 is 0.611 bits per heavy atom. The summed E-state index contributed by atoms with van der Waals surface area (Å²) < 4.78 is 0. The second kappa shape index (κ2) is 7.25. The molecule has 1 aliphatic rings. The molecular weight excluding hydrogens is 240 g/mol. The fourth-order valence-electron chi connectivity index (χ4n) is 1.30. The van der Waals surface area contributed by atoms with E-state index in [1.165, 1.54) is 0 Å². The second-order valence-corrected chi connectivity index (χ2v) is 3.78. The van der Waals surface area contributed by atoms with Gasteiger partial charge in [-0.3, -0.25) is 19.2 Å². The molecule has 0 saturated carbocycles. The van der Waals surface area contributed by atoms with Gasteiger partial charge in [-0.05, 0) is 6.42 Å². The van der Waals surface area contributed by atoms with Crippen molar-refractivity contribution in [3.8, 4) is 0 Å². The standard InChI is InChI=1S/C10H16N4O4/c15-7-4-8(16)13-6-10(18)14-5-9(17)12-3-1-2-11-7/h1-6H2,(H,11,15)(H,12,17)(H,13,16)(H,14,18). The Bertz CT molecular complexity index is 356. The van der Waals surface area contributed by atoms with E-state index in [1.807, 2.05) is 0 Å². The molecule has 0 unspecified atom stereocenters. The third kappa shape index (κ3) is 5.83. The zero-order valence-electron chi connectivity index (χ0n) is 9.88. The minimum atomic E-state index is -0.524. The van der Waals surface area contributed by atoms with Gasteiger partial charge in [0.05, 0.1) is 13.1 Å². The lowest BCUT2D eigenvalue weighted by Gasteiger charge is -2.10. The van der Waals surface area contributed by atoms with Gasteiger partial charge in [-0.2, -0.15) is 0 Å². The van der Waals surface area contributed by atoms with Crippen LogP contribution in [0.2, 0.25) is 0 Å². The summed E-state index contributed by atoms with van der Waals surface area (Å²) in [6, 6.07) is 0. The Labute approximate surface area is 104 Å². The van der Waals surface area contributed by atoms with Crippen molar-refractivity contribution in [2.45, 2.75) is 12.8 Å². The predicted molar refractivity (Wildman–Crippen MR) is 61.3 cm³/mol. The van der Waals surface area contributed by atoms with Crippen molar-refractivity contribution >= 4 is 23.6 Å². The van der Waals surface area contributed by atoms with Crippen LogP contribution < -0.4 is 21.3 Å². The van der Waals surface area contributed by atoms with E-state index in [4.69, 9.17) is 0 Å². The summed E-state index contributed by atoms with van der Waals surface area (Å²) in [6.07, 6.45) is 0.257. The number of hydrogen-bond acceptors (Lipinski definition) is 4. The van der Waals surface area contributed by atoms with Crippen molar-refractivity contribution in [2.75, 3.05) is 26.2 Å². The lowest BCUT2D eigenvalue weighted by Crippen LogP contribution is -2.44. The zero-order valence-corrected chi connectivity index (χ0v) is 9.88. The molecule has 1 heterocycles. The molecule has 0 atom stereocenters. The van der Waals surface area contributed by atoms with Crippen LogP contribution in [0.15, 0.2) is 0 Å². The Hall–Kier alpha value is -2.12. The molecule has 1 aliphatic heterocycles. The van der Waals surface area contributed by atoms with E-state index < -0.39 is 17.7 Å². The van der Waals surface area contributed by atoms with Gasteiger partial charge in [-0.15, -0.1) is 0 Å². The largest absolute Gasteiger partial charge is 0.356 e. The summed E-state index contributed by atoms with van der Waals surface area (Å²) in [5, 5.41) is 9.77. The summed E-state index contributed by atoms with van der Waals surface area (Å²) in [5.74, 6) is -1.71. The van der Waals surface area contributed by atoms with Crippen LogP contribution in [0.4, 0.5) is 0 Å². The van der Waals surface area contributed by atoms with Gasteiger partial charge in [0.1, 0.15) is 6.42 Å². The van der Waals surface area contributed by atoms with E-state index in [9.17, 15) is 19.2 Å². The number of hydrogen-bond donors (Lipinski definition) is 4. The molecule has 4 amide bonds. The van der Waals surface area contributed by atoms with Crippen molar-refractivity contribution in [1.82, 2.24) is 21.3 Å². The molecule has 0 aromatic heterocycles. The van der Waals surface area contributed by atoms with E-state index in [2.05, 4.69) is 21.3 Å². The number of rotatable bonds is 0. The topological polar surface area (TPSA) is 116 Å². The van der Waals surface area contributed by atoms with Crippen molar-refractivity contribution < 1.29 is 19.2 Å². The minimum Gasteiger partial charge on any atom is -0.356 e. The highest BCUT2D eigenvalue weighted by molar-refractivity contribution is 5.98. The molecule has 0 aliphatic carbocycles. The summed E-state index contributed by atoms with van der Waals surface area (Å²) in [7, 11) is 0. The van der Waals surface area contributed by atoms with Gasteiger partial charge >= 0.3 is 0 Å². The van der Waals surface area contributed by atoms with Crippen LogP contribution in [-0.2, 0) is 19.2 Å². The fraction of sp³-hybridized carbons (Fsp3) is 0.600. The van der Waals surface area contributed by atoms with E-state index in [0.717, 1.165) is 0 Å². The van der Waals surface area contributed by atoms with Crippen LogP contribution in [-0.4, -0.2) is 49.8 Å². The lowest BCUT2D eigenvalue weighted by atomic mass is 10.3. The first kappa shape index (κ1) is 13.9. The monoisotopic (exact) mass is 256 g/mol. The van der Waals surface area contributed by atoms with Crippen molar-refractivity contribution in [1.29, 1.82) is 0 Å². The average Bonchev–Trinajstić information content (AvgIpc) is 2.32. The lowest BCUT2D eigenvalue weighted by molar-refractivity contribution is -0.131. The molecule has 0 aromatic carbocycles. The molecule has 4 N–H and O–H groups in total. The molecule has 8 nitrogen and oxygen atoms in total. The molecule has 0 bridgehead atoms. The zero-order chi connectivity index (χ0) is 13.4. The molecule has 100 valence electrons. The summed E-state index contributed by atoms with van der Waals surface area (Å²) in [4.78, 5) is 44.9. The third-order valence-electron chi connectivity index (χ3n) is 2.21. The maximum atomic E-state index is 11.2. The molecule has 0 spiro atoms. The highest BCUT2D eigenvalue weighted by atomic mass is 16.2. The summed E-state index contributed by atoms with van der Waals surface area (Å²) in [5.41, 5.74) is 0. The molecule has 1 saturated heterocycles. The number of carbonyl (C=O) groups excluding carboxylic acids is 4. The number of amides is 4. The summed E-state index contributed by atoms with van der Waals surface area (Å²) in [6.45, 7) is 0.417. The molecule has 18 heavy (non-hydrogen) atoms. The Balaban J connectivity index is 2.48. The van der Waals surface area contributed by atoms with Gasteiger partial charge in [0, 0.05) is 13.1 Å². The smallest absolute Gasteiger partial charge is 0.239 e. The van der Waals surface area contributed by atoms with Crippen molar-refractivity contribution in [2.24, 2.45) is 0 Å². The molecule has 0 radical (unpaired) electrons. The Morgan fingerprint density at radius 3 is 1.72 bits per heavy atom. The second-order valence-electron chi connectivity index (χ2n) is 3.78. The molecule has 0 aromatic rings. The first-order valence-electron chi connectivity index (χ1n) is 5.64. The average molecular weight is 256 g/mol. The van der Waals surface area contributed by atoms with Gasteiger partial charge < -0.3 is 21.3 Å². The quantitative estimate of drug-likeness (QED) is 0.351. The first-order chi connectivity index (χ1) is 8.58. The highest BCUT2D eigenvalue weighted by Crippen LogP contribution is 1.83. The van der Waals surface area contributed by atoms with Gasteiger partial charge in [-0.1, -0.05) is 0 Å². The normalized spacial score (nSPS) is 20.0. The van der Waals surface area contributed by atoms with Gasteiger partial charge in [0.25, 0.3) is 0 Å². The maximum absolute atomic E-state index is 11.2. The predicted octanol–water partition coefficient (Wildman–Crippen LogP) is -2.75. The van der Waals surface area contributed by atoms with E-state index in [0.29, 0.717) is 19.5 Å². The SMILES string of the molecule is O=C1CNC(=O)CNC(=O)CC(=O)NCCCN1. The number of carbonyl (C=O) groups is 4. The Morgan fingerprint density at radius 2 is 1.06 bits per heavy atom. The molecule has 1 rings (SSSR count). The first-order valence-corrected chi connectivity index (χ1v) is 5.64. The molecular formula is C10H16N4O4. The van der Waals surface area contributed by atoms with Crippen LogP contribution in [0, 0.1) is 0 Å². The Kier molecular flexibility index (Phi) is 5.62. The fourth-order valence-corrected chi connectivity index (χ4v) is 1.30. The van der Waals surface area contributed by atoms with E-state index in [1.54, 1.807) is 0 Å². The van der Waals surface area contributed by atoms with Crippen LogP contribution in [0.3, 0.4) is 0 Å². The van der Waals surface area contributed by atoms with E-state index in [-0.39, 0.29) is 25.4 Å². The van der Waals surface area contributed by atoms with Crippen LogP contribution >= 0.6 is 0 Å².